The number of hydrogen-bond donors (Lipinski definition) is 1. The van der Waals surface area contributed by atoms with Crippen LogP contribution in [0.3, 0.4) is 0 Å². The molecule has 1 unspecified atom stereocenters. The number of hydrogen-bond acceptors (Lipinski definition) is 2. The number of carbonyl (C=O) groups excluding carboxylic acids is 1. The molecule has 132 valence electrons. The molecule has 1 aliphatic heterocycles. The van der Waals surface area contributed by atoms with Crippen molar-refractivity contribution in [3.63, 3.8) is 0 Å². The highest BCUT2D eigenvalue weighted by Crippen LogP contribution is 2.20. The standard InChI is InChI=1S/C20H23ClN2O2/c1-15-8-10-17(11-9-15)22-20(24)23-12-4-6-18(13-23)25-14-16-5-2-3-7-19(16)21/h2-3,5,7-11,18H,4,6,12-14H2,1H3,(H,22,24). The van der Waals surface area contributed by atoms with Gasteiger partial charge in [-0.25, -0.2) is 4.79 Å². The third-order valence-electron chi connectivity index (χ3n) is 4.40. The van der Waals surface area contributed by atoms with Gasteiger partial charge in [0, 0.05) is 23.8 Å². The molecule has 25 heavy (non-hydrogen) atoms. The Morgan fingerprint density at radius 2 is 2.00 bits per heavy atom. The molecule has 1 N–H and O–H groups in total. The number of likely N-dealkylation sites (tertiary alicyclic amines) is 1. The van der Waals surface area contributed by atoms with E-state index in [0.29, 0.717) is 18.2 Å². The van der Waals surface area contributed by atoms with Crippen LogP contribution in [0.25, 0.3) is 0 Å². The minimum absolute atomic E-state index is 0.0359. The molecule has 1 heterocycles. The van der Waals surface area contributed by atoms with Crippen LogP contribution in [0.15, 0.2) is 48.5 Å². The summed E-state index contributed by atoms with van der Waals surface area (Å²) in [4.78, 5) is 14.3. The maximum Gasteiger partial charge on any atom is 0.321 e. The lowest BCUT2D eigenvalue weighted by molar-refractivity contribution is 0.00105. The Morgan fingerprint density at radius 1 is 1.24 bits per heavy atom. The van der Waals surface area contributed by atoms with E-state index in [0.717, 1.165) is 30.6 Å². The lowest BCUT2D eigenvalue weighted by atomic mass is 10.1. The fourth-order valence-electron chi connectivity index (χ4n) is 2.92. The molecule has 3 rings (SSSR count). The molecule has 0 aromatic heterocycles. The second-order valence-corrected chi connectivity index (χ2v) is 6.82. The van der Waals surface area contributed by atoms with Gasteiger partial charge in [-0.15, -0.1) is 0 Å². The van der Waals surface area contributed by atoms with Gasteiger partial charge < -0.3 is 15.0 Å². The highest BCUT2D eigenvalue weighted by atomic mass is 35.5. The van der Waals surface area contributed by atoms with Crippen LogP contribution in [0.1, 0.15) is 24.0 Å². The van der Waals surface area contributed by atoms with Gasteiger partial charge in [-0.1, -0.05) is 47.5 Å². The molecule has 0 bridgehead atoms. The Labute approximate surface area is 153 Å². The van der Waals surface area contributed by atoms with Crippen molar-refractivity contribution in [1.29, 1.82) is 0 Å². The summed E-state index contributed by atoms with van der Waals surface area (Å²) in [5.41, 5.74) is 2.96. The third kappa shape index (κ3) is 4.97. The zero-order valence-electron chi connectivity index (χ0n) is 14.4. The molecule has 1 fully saturated rings. The van der Waals surface area contributed by atoms with E-state index in [2.05, 4.69) is 5.32 Å². The first-order chi connectivity index (χ1) is 12.1. The molecule has 1 saturated heterocycles. The van der Waals surface area contributed by atoms with Gasteiger partial charge in [-0.2, -0.15) is 0 Å². The van der Waals surface area contributed by atoms with Crippen LogP contribution < -0.4 is 5.32 Å². The first-order valence-electron chi connectivity index (χ1n) is 8.59. The topological polar surface area (TPSA) is 41.6 Å². The molecular weight excluding hydrogens is 336 g/mol. The van der Waals surface area contributed by atoms with Gasteiger partial charge in [0.2, 0.25) is 0 Å². The van der Waals surface area contributed by atoms with Crippen LogP contribution in [0, 0.1) is 6.92 Å². The highest BCUT2D eigenvalue weighted by Gasteiger charge is 2.24. The van der Waals surface area contributed by atoms with E-state index in [9.17, 15) is 4.79 Å². The molecule has 2 aromatic carbocycles. The van der Waals surface area contributed by atoms with E-state index >= 15 is 0 Å². The average Bonchev–Trinajstić information content (AvgIpc) is 2.63. The molecule has 0 spiro atoms. The first-order valence-corrected chi connectivity index (χ1v) is 8.97. The summed E-state index contributed by atoms with van der Waals surface area (Å²) in [6.45, 7) is 3.85. The third-order valence-corrected chi connectivity index (χ3v) is 4.77. The molecule has 1 aliphatic rings. The van der Waals surface area contributed by atoms with Crippen molar-refractivity contribution in [2.45, 2.75) is 32.5 Å². The summed E-state index contributed by atoms with van der Waals surface area (Å²) >= 11 is 6.17. The number of aryl methyl sites for hydroxylation is 1. The predicted molar refractivity (Wildman–Crippen MR) is 101 cm³/mol. The molecule has 0 saturated carbocycles. The number of benzene rings is 2. The second kappa shape index (κ2) is 8.37. The zero-order valence-corrected chi connectivity index (χ0v) is 15.1. The molecule has 4 nitrogen and oxygen atoms in total. The van der Waals surface area contributed by atoms with E-state index < -0.39 is 0 Å². The summed E-state index contributed by atoms with van der Waals surface area (Å²) in [5, 5.41) is 3.67. The Balaban J connectivity index is 1.52. The fraction of sp³-hybridized carbons (Fsp3) is 0.350. The van der Waals surface area contributed by atoms with E-state index in [1.54, 1.807) is 0 Å². The smallest absolute Gasteiger partial charge is 0.321 e. The number of carbonyl (C=O) groups is 1. The van der Waals surface area contributed by atoms with Crippen molar-refractivity contribution in [1.82, 2.24) is 4.90 Å². The summed E-state index contributed by atoms with van der Waals surface area (Å²) in [6, 6.07) is 15.4. The van der Waals surface area contributed by atoms with Crippen LogP contribution in [0.5, 0.6) is 0 Å². The van der Waals surface area contributed by atoms with Gasteiger partial charge in [0.15, 0.2) is 0 Å². The van der Waals surface area contributed by atoms with Gasteiger partial charge in [0.05, 0.1) is 12.7 Å². The number of amides is 2. The second-order valence-electron chi connectivity index (χ2n) is 6.41. The maximum atomic E-state index is 12.5. The molecule has 5 heteroatoms. The number of rotatable bonds is 4. The SMILES string of the molecule is Cc1ccc(NC(=O)N2CCCC(OCc3ccccc3Cl)C2)cc1. The monoisotopic (exact) mass is 358 g/mol. The van der Waals surface area contributed by atoms with E-state index in [1.165, 1.54) is 5.56 Å². The number of anilines is 1. The number of urea groups is 1. The molecule has 1 atom stereocenters. The number of piperidine rings is 1. The number of ether oxygens (including phenoxy) is 1. The van der Waals surface area contributed by atoms with Gasteiger partial charge in [0.25, 0.3) is 0 Å². The fourth-order valence-corrected chi connectivity index (χ4v) is 3.11. The molecule has 0 radical (unpaired) electrons. The van der Waals surface area contributed by atoms with Crippen molar-refractivity contribution >= 4 is 23.3 Å². The zero-order chi connectivity index (χ0) is 17.6. The molecule has 2 amide bonds. The lowest BCUT2D eigenvalue weighted by Crippen LogP contribution is -2.45. The normalized spacial score (nSPS) is 17.4. The van der Waals surface area contributed by atoms with Crippen molar-refractivity contribution in [2.24, 2.45) is 0 Å². The van der Waals surface area contributed by atoms with Crippen LogP contribution in [0.2, 0.25) is 5.02 Å². The van der Waals surface area contributed by atoms with Crippen molar-refractivity contribution < 1.29 is 9.53 Å². The van der Waals surface area contributed by atoms with Crippen molar-refractivity contribution in [2.75, 3.05) is 18.4 Å². The predicted octanol–water partition coefficient (Wildman–Crippen LogP) is 4.86. The summed E-state index contributed by atoms with van der Waals surface area (Å²) in [6.07, 6.45) is 1.93. The van der Waals surface area contributed by atoms with E-state index in [1.807, 2.05) is 60.4 Å². The largest absolute Gasteiger partial charge is 0.372 e. The summed E-state index contributed by atoms with van der Waals surface area (Å²) in [5.74, 6) is 0. The summed E-state index contributed by atoms with van der Waals surface area (Å²) < 4.78 is 5.99. The van der Waals surface area contributed by atoms with Crippen molar-refractivity contribution in [3.8, 4) is 0 Å². The molecule has 2 aromatic rings. The van der Waals surface area contributed by atoms with Gasteiger partial charge in [-0.3, -0.25) is 0 Å². The minimum Gasteiger partial charge on any atom is -0.372 e. The number of nitrogens with zero attached hydrogens (tertiary/aromatic N) is 1. The Kier molecular flexibility index (Phi) is 5.95. The van der Waals surface area contributed by atoms with Crippen molar-refractivity contribution in [3.05, 3.63) is 64.7 Å². The minimum atomic E-state index is -0.0742. The van der Waals surface area contributed by atoms with Crippen LogP contribution in [-0.2, 0) is 11.3 Å². The van der Waals surface area contributed by atoms with Crippen LogP contribution in [0.4, 0.5) is 10.5 Å². The Bertz CT molecular complexity index is 718. The highest BCUT2D eigenvalue weighted by molar-refractivity contribution is 6.31. The van der Waals surface area contributed by atoms with E-state index in [-0.39, 0.29) is 12.1 Å². The Hall–Kier alpha value is -2.04. The van der Waals surface area contributed by atoms with Crippen LogP contribution in [-0.4, -0.2) is 30.1 Å². The first kappa shape index (κ1) is 17.8. The number of nitrogens with one attached hydrogen (secondary N) is 1. The van der Waals surface area contributed by atoms with Gasteiger partial charge >= 0.3 is 6.03 Å². The van der Waals surface area contributed by atoms with Gasteiger partial charge in [0.1, 0.15) is 0 Å². The van der Waals surface area contributed by atoms with E-state index in [4.69, 9.17) is 16.3 Å². The molecule has 0 aliphatic carbocycles. The Morgan fingerprint density at radius 3 is 2.76 bits per heavy atom. The number of halogens is 1. The quantitative estimate of drug-likeness (QED) is 0.847. The van der Waals surface area contributed by atoms with Gasteiger partial charge in [-0.05, 0) is 43.5 Å². The van der Waals surface area contributed by atoms with Crippen LogP contribution >= 0.6 is 11.6 Å². The summed E-state index contributed by atoms with van der Waals surface area (Å²) in [7, 11) is 0. The average molecular weight is 359 g/mol. The maximum absolute atomic E-state index is 12.5. The lowest BCUT2D eigenvalue weighted by Gasteiger charge is -2.32. The molecular formula is C20H23ClN2O2.